The van der Waals surface area contributed by atoms with Crippen LogP contribution in [0.25, 0.3) is 0 Å². The number of hydrogen-bond donors (Lipinski definition) is 2. The van der Waals surface area contributed by atoms with E-state index in [9.17, 15) is 0 Å². The van der Waals surface area contributed by atoms with Crippen LogP contribution in [0.15, 0.2) is 12.1 Å². The molecule has 1 aromatic rings. The van der Waals surface area contributed by atoms with Crippen LogP contribution < -0.4 is 11.1 Å². The monoisotopic (exact) mass is 226 g/mol. The molecule has 0 saturated heterocycles. The Kier molecular flexibility index (Phi) is 5.29. The van der Waals surface area contributed by atoms with E-state index < -0.39 is 0 Å². The normalized spacial score (nSPS) is 13.4. The van der Waals surface area contributed by atoms with Gasteiger partial charge >= 0.3 is 0 Å². The lowest BCUT2D eigenvalue weighted by molar-refractivity contribution is 0.459. The lowest BCUT2D eigenvalue weighted by Gasteiger charge is -2.15. The Bertz CT molecular complexity index is 281. The van der Waals surface area contributed by atoms with Gasteiger partial charge in [0, 0.05) is 28.9 Å². The van der Waals surface area contributed by atoms with Crippen LogP contribution in [-0.4, -0.2) is 12.6 Å². The van der Waals surface area contributed by atoms with Crippen LogP contribution in [0, 0.1) is 5.92 Å². The molecule has 1 heterocycles. The van der Waals surface area contributed by atoms with Gasteiger partial charge in [-0.15, -0.1) is 11.3 Å². The smallest absolute Gasteiger partial charge is 0.0300 e. The molecule has 86 valence electrons. The number of nitrogens with one attached hydrogen (secondary N) is 1. The van der Waals surface area contributed by atoms with Crippen molar-refractivity contribution in [2.24, 2.45) is 11.7 Å². The van der Waals surface area contributed by atoms with Crippen LogP contribution in [0.4, 0.5) is 0 Å². The number of hydrogen-bond acceptors (Lipinski definition) is 3. The Balaban J connectivity index is 2.25. The van der Waals surface area contributed by atoms with Crippen molar-refractivity contribution in [3.05, 3.63) is 21.9 Å². The lowest BCUT2D eigenvalue weighted by Crippen LogP contribution is -2.37. The molecule has 1 atom stereocenters. The van der Waals surface area contributed by atoms with Gasteiger partial charge in [0.05, 0.1) is 0 Å². The summed E-state index contributed by atoms with van der Waals surface area (Å²) in [4.78, 5) is 2.86. The van der Waals surface area contributed by atoms with E-state index >= 15 is 0 Å². The molecule has 1 aromatic heterocycles. The number of rotatable bonds is 6. The Morgan fingerprint density at radius 3 is 2.53 bits per heavy atom. The molecule has 0 saturated carbocycles. The van der Waals surface area contributed by atoms with E-state index in [2.05, 4.69) is 38.2 Å². The molecule has 1 unspecified atom stereocenters. The Morgan fingerprint density at radius 1 is 1.33 bits per heavy atom. The number of aryl methyl sites for hydroxylation is 1. The Hall–Kier alpha value is -0.380. The summed E-state index contributed by atoms with van der Waals surface area (Å²) in [5.74, 6) is 0.548. The van der Waals surface area contributed by atoms with Crippen LogP contribution in [0.3, 0.4) is 0 Å². The van der Waals surface area contributed by atoms with Crippen LogP contribution in [-0.2, 0) is 13.0 Å². The van der Waals surface area contributed by atoms with Gasteiger partial charge < -0.3 is 11.1 Å². The van der Waals surface area contributed by atoms with Crippen molar-refractivity contribution in [2.75, 3.05) is 6.54 Å². The van der Waals surface area contributed by atoms with Crippen molar-refractivity contribution in [2.45, 2.75) is 39.8 Å². The predicted octanol–water partition coefficient (Wildman–Crippen LogP) is 2.38. The van der Waals surface area contributed by atoms with E-state index in [0.717, 1.165) is 19.5 Å². The average molecular weight is 226 g/mol. The standard InChI is InChI=1S/C12H22N2S/c1-4-10-5-6-11(15-10)7-14-8-12(13)9(2)3/h5-6,9,12,14H,4,7-8,13H2,1-3H3. The van der Waals surface area contributed by atoms with Gasteiger partial charge in [-0.2, -0.15) is 0 Å². The van der Waals surface area contributed by atoms with E-state index in [1.807, 2.05) is 11.3 Å². The molecular formula is C12H22N2S. The molecule has 0 fully saturated rings. The van der Waals surface area contributed by atoms with Crippen LogP contribution >= 0.6 is 11.3 Å². The molecule has 0 aromatic carbocycles. The Morgan fingerprint density at radius 2 is 2.00 bits per heavy atom. The molecule has 0 aliphatic heterocycles. The highest BCUT2D eigenvalue weighted by atomic mass is 32.1. The second-order valence-corrected chi connectivity index (χ2v) is 5.51. The third-order valence-corrected chi connectivity index (χ3v) is 3.83. The largest absolute Gasteiger partial charge is 0.326 e. The second-order valence-electron chi connectivity index (χ2n) is 4.26. The SMILES string of the molecule is CCc1ccc(CNCC(N)C(C)C)s1. The molecule has 0 spiro atoms. The molecule has 0 aliphatic rings. The highest BCUT2D eigenvalue weighted by Crippen LogP contribution is 2.16. The summed E-state index contributed by atoms with van der Waals surface area (Å²) >= 11 is 1.89. The number of thiophene rings is 1. The molecule has 3 heteroatoms. The van der Waals surface area contributed by atoms with Gasteiger partial charge in [0.2, 0.25) is 0 Å². The van der Waals surface area contributed by atoms with Crippen LogP contribution in [0.1, 0.15) is 30.5 Å². The third-order valence-electron chi connectivity index (χ3n) is 2.60. The van der Waals surface area contributed by atoms with E-state index in [1.54, 1.807) is 0 Å². The van der Waals surface area contributed by atoms with Crippen molar-refractivity contribution in [3.63, 3.8) is 0 Å². The maximum atomic E-state index is 5.95. The van der Waals surface area contributed by atoms with Crippen molar-refractivity contribution in [1.29, 1.82) is 0 Å². The minimum Gasteiger partial charge on any atom is -0.326 e. The predicted molar refractivity (Wildman–Crippen MR) is 68.2 cm³/mol. The molecule has 0 radical (unpaired) electrons. The molecule has 0 amide bonds. The fourth-order valence-electron chi connectivity index (χ4n) is 1.31. The maximum absolute atomic E-state index is 5.95. The van der Waals surface area contributed by atoms with Crippen molar-refractivity contribution in [1.82, 2.24) is 5.32 Å². The summed E-state index contributed by atoms with van der Waals surface area (Å²) in [5.41, 5.74) is 5.95. The van der Waals surface area contributed by atoms with Crippen LogP contribution in [0.5, 0.6) is 0 Å². The van der Waals surface area contributed by atoms with E-state index in [-0.39, 0.29) is 6.04 Å². The van der Waals surface area contributed by atoms with E-state index in [1.165, 1.54) is 9.75 Å². The highest BCUT2D eigenvalue weighted by molar-refractivity contribution is 7.11. The fraction of sp³-hybridized carbons (Fsp3) is 0.667. The first-order chi connectivity index (χ1) is 7.13. The molecular weight excluding hydrogens is 204 g/mol. The van der Waals surface area contributed by atoms with Gasteiger partial charge in [0.1, 0.15) is 0 Å². The molecule has 3 N–H and O–H groups in total. The summed E-state index contributed by atoms with van der Waals surface area (Å²) in [6.45, 7) is 8.36. The van der Waals surface area contributed by atoms with Crippen molar-refractivity contribution >= 4 is 11.3 Å². The molecule has 0 aliphatic carbocycles. The van der Waals surface area contributed by atoms with Gasteiger partial charge in [0.15, 0.2) is 0 Å². The van der Waals surface area contributed by atoms with Gasteiger partial charge in [-0.25, -0.2) is 0 Å². The summed E-state index contributed by atoms with van der Waals surface area (Å²) < 4.78 is 0. The first kappa shape index (κ1) is 12.7. The zero-order chi connectivity index (χ0) is 11.3. The molecule has 15 heavy (non-hydrogen) atoms. The number of nitrogens with two attached hydrogens (primary N) is 1. The maximum Gasteiger partial charge on any atom is 0.0300 e. The summed E-state index contributed by atoms with van der Waals surface area (Å²) in [6.07, 6.45) is 1.14. The zero-order valence-electron chi connectivity index (χ0n) is 9.92. The van der Waals surface area contributed by atoms with E-state index in [4.69, 9.17) is 5.73 Å². The molecule has 2 nitrogen and oxygen atoms in total. The zero-order valence-corrected chi connectivity index (χ0v) is 10.7. The topological polar surface area (TPSA) is 38.0 Å². The highest BCUT2D eigenvalue weighted by Gasteiger charge is 2.06. The first-order valence-electron chi connectivity index (χ1n) is 5.67. The third kappa shape index (κ3) is 4.33. The first-order valence-corrected chi connectivity index (χ1v) is 6.49. The lowest BCUT2D eigenvalue weighted by atomic mass is 10.1. The van der Waals surface area contributed by atoms with Crippen molar-refractivity contribution < 1.29 is 0 Å². The molecule has 0 bridgehead atoms. The minimum atomic E-state index is 0.260. The van der Waals surface area contributed by atoms with Gasteiger partial charge in [-0.3, -0.25) is 0 Å². The quantitative estimate of drug-likeness (QED) is 0.781. The molecule has 1 rings (SSSR count). The Labute approximate surface area is 96.9 Å². The fourth-order valence-corrected chi connectivity index (χ4v) is 2.23. The van der Waals surface area contributed by atoms with Gasteiger partial charge in [-0.1, -0.05) is 20.8 Å². The van der Waals surface area contributed by atoms with E-state index in [0.29, 0.717) is 5.92 Å². The van der Waals surface area contributed by atoms with Crippen molar-refractivity contribution in [3.8, 4) is 0 Å². The summed E-state index contributed by atoms with van der Waals surface area (Å²) in [5, 5.41) is 3.41. The summed E-state index contributed by atoms with van der Waals surface area (Å²) in [7, 11) is 0. The summed E-state index contributed by atoms with van der Waals surface area (Å²) in [6, 6.07) is 4.68. The second kappa shape index (κ2) is 6.26. The van der Waals surface area contributed by atoms with Gasteiger partial charge in [0.25, 0.3) is 0 Å². The van der Waals surface area contributed by atoms with Gasteiger partial charge in [-0.05, 0) is 24.5 Å². The van der Waals surface area contributed by atoms with Crippen LogP contribution in [0.2, 0.25) is 0 Å². The minimum absolute atomic E-state index is 0.260. The average Bonchev–Trinajstić information content (AvgIpc) is 2.65.